The first-order valence-corrected chi connectivity index (χ1v) is 4.63. The van der Waals surface area contributed by atoms with Gasteiger partial charge in [-0.15, -0.1) is 0 Å². The van der Waals surface area contributed by atoms with E-state index < -0.39 is 0 Å². The summed E-state index contributed by atoms with van der Waals surface area (Å²) in [6, 6.07) is 0. The minimum atomic E-state index is -0.0150. The Kier molecular flexibility index (Phi) is 3.66. The Labute approximate surface area is 70.0 Å². The highest BCUT2D eigenvalue weighted by atomic mass is 79.9. The molecule has 1 saturated heterocycles. The average molecular weight is 209 g/mol. The van der Waals surface area contributed by atoms with E-state index >= 15 is 0 Å². The summed E-state index contributed by atoms with van der Waals surface area (Å²) in [7, 11) is 0. The molecular weight excluding hydrogens is 196 g/mol. The van der Waals surface area contributed by atoms with Crippen LogP contribution in [0.1, 0.15) is 19.8 Å². The molecule has 3 heteroatoms. The Hall–Kier alpha value is 0.400. The lowest BCUT2D eigenvalue weighted by atomic mass is 10.2. The van der Waals surface area contributed by atoms with E-state index in [1.165, 1.54) is 0 Å². The third-order valence-corrected chi connectivity index (χ3v) is 2.42. The molecule has 0 aromatic rings. The van der Waals surface area contributed by atoms with E-state index in [9.17, 15) is 0 Å². The van der Waals surface area contributed by atoms with E-state index in [0.717, 1.165) is 26.1 Å². The Morgan fingerprint density at radius 3 is 3.10 bits per heavy atom. The van der Waals surface area contributed by atoms with Gasteiger partial charge < -0.3 is 9.47 Å². The summed E-state index contributed by atoms with van der Waals surface area (Å²) in [5.74, 6) is 0. The number of halogens is 1. The second-order valence-electron chi connectivity index (χ2n) is 2.35. The molecule has 10 heavy (non-hydrogen) atoms. The number of hydrogen-bond acceptors (Lipinski definition) is 2. The normalized spacial score (nSPS) is 34.2. The van der Waals surface area contributed by atoms with Gasteiger partial charge in [0, 0.05) is 13.2 Å². The van der Waals surface area contributed by atoms with E-state index in [1.807, 2.05) is 6.92 Å². The van der Waals surface area contributed by atoms with E-state index in [2.05, 4.69) is 15.9 Å². The van der Waals surface area contributed by atoms with Crippen molar-refractivity contribution in [1.82, 2.24) is 0 Å². The fourth-order valence-electron chi connectivity index (χ4n) is 1.04. The predicted molar refractivity (Wildman–Crippen MR) is 43.3 cm³/mol. The molecule has 2 atom stereocenters. The lowest BCUT2D eigenvalue weighted by Gasteiger charge is -2.27. The summed E-state index contributed by atoms with van der Waals surface area (Å²) in [5.41, 5.74) is 0. The van der Waals surface area contributed by atoms with Crippen LogP contribution in [0.15, 0.2) is 0 Å². The van der Waals surface area contributed by atoms with Gasteiger partial charge in [0.1, 0.15) is 0 Å². The molecule has 0 spiro atoms. The maximum absolute atomic E-state index is 5.36. The van der Waals surface area contributed by atoms with Crippen molar-refractivity contribution in [3.8, 4) is 0 Å². The third-order valence-electron chi connectivity index (χ3n) is 1.53. The Balaban J connectivity index is 2.25. The van der Waals surface area contributed by atoms with Gasteiger partial charge in [0.2, 0.25) is 0 Å². The minimum absolute atomic E-state index is 0.0150. The highest BCUT2D eigenvalue weighted by Crippen LogP contribution is 2.21. The number of alkyl halides is 1. The van der Waals surface area contributed by atoms with Crippen molar-refractivity contribution in [1.29, 1.82) is 0 Å². The molecule has 1 rings (SSSR count). The number of hydrogen-bond donors (Lipinski definition) is 0. The first kappa shape index (κ1) is 8.50. The van der Waals surface area contributed by atoms with Crippen molar-refractivity contribution in [3.05, 3.63) is 0 Å². The molecule has 0 radical (unpaired) electrons. The zero-order chi connectivity index (χ0) is 7.40. The molecule has 0 aliphatic carbocycles. The van der Waals surface area contributed by atoms with Gasteiger partial charge in [-0.05, 0) is 19.8 Å². The van der Waals surface area contributed by atoms with Crippen molar-refractivity contribution in [2.24, 2.45) is 0 Å². The minimum Gasteiger partial charge on any atom is -0.352 e. The Bertz CT molecular complexity index is 95.6. The monoisotopic (exact) mass is 208 g/mol. The van der Waals surface area contributed by atoms with E-state index in [-0.39, 0.29) is 6.29 Å². The maximum Gasteiger partial charge on any atom is 0.169 e. The SMILES string of the molecule is CCO[C@H]1OCCC[C@H]1Br. The molecule has 1 heterocycles. The molecule has 1 aliphatic heterocycles. The van der Waals surface area contributed by atoms with Crippen molar-refractivity contribution in [2.75, 3.05) is 13.2 Å². The summed E-state index contributed by atoms with van der Waals surface area (Å²) in [6.07, 6.45) is 2.28. The molecular formula is C7H13BrO2. The quantitative estimate of drug-likeness (QED) is 0.647. The van der Waals surface area contributed by atoms with Gasteiger partial charge in [0.05, 0.1) is 4.83 Å². The lowest BCUT2D eigenvalue weighted by molar-refractivity contribution is -0.153. The van der Waals surface area contributed by atoms with Gasteiger partial charge in [-0.2, -0.15) is 0 Å². The molecule has 0 bridgehead atoms. The van der Waals surface area contributed by atoms with Gasteiger partial charge in [-0.3, -0.25) is 0 Å². The van der Waals surface area contributed by atoms with Crippen LogP contribution in [0.25, 0.3) is 0 Å². The summed E-state index contributed by atoms with van der Waals surface area (Å²) in [6.45, 7) is 3.55. The molecule has 2 nitrogen and oxygen atoms in total. The van der Waals surface area contributed by atoms with Crippen LogP contribution >= 0.6 is 15.9 Å². The second kappa shape index (κ2) is 4.31. The standard InChI is InChI=1S/C7H13BrO2/c1-2-9-7-6(8)4-3-5-10-7/h6-7H,2-5H2,1H3/t6-,7+/m1/s1. The summed E-state index contributed by atoms with van der Waals surface area (Å²) in [4.78, 5) is 0.390. The first-order chi connectivity index (χ1) is 4.84. The van der Waals surface area contributed by atoms with E-state index in [4.69, 9.17) is 9.47 Å². The molecule has 60 valence electrons. The summed E-state index contributed by atoms with van der Waals surface area (Å²) < 4.78 is 10.7. The van der Waals surface area contributed by atoms with Crippen LogP contribution in [0, 0.1) is 0 Å². The van der Waals surface area contributed by atoms with Crippen molar-refractivity contribution in [2.45, 2.75) is 30.9 Å². The molecule has 0 unspecified atom stereocenters. The first-order valence-electron chi connectivity index (χ1n) is 3.72. The third kappa shape index (κ3) is 2.22. The van der Waals surface area contributed by atoms with Crippen LogP contribution in [0.2, 0.25) is 0 Å². The topological polar surface area (TPSA) is 18.5 Å². The lowest BCUT2D eigenvalue weighted by Crippen LogP contribution is -2.32. The fourth-order valence-corrected chi connectivity index (χ4v) is 1.66. The summed E-state index contributed by atoms with van der Waals surface area (Å²) in [5, 5.41) is 0. The molecule has 0 saturated carbocycles. The highest BCUT2D eigenvalue weighted by Gasteiger charge is 2.23. The van der Waals surface area contributed by atoms with Crippen LogP contribution in [0.5, 0.6) is 0 Å². The smallest absolute Gasteiger partial charge is 0.169 e. The van der Waals surface area contributed by atoms with Gasteiger partial charge in [0.15, 0.2) is 6.29 Å². The van der Waals surface area contributed by atoms with Gasteiger partial charge in [-0.25, -0.2) is 0 Å². The second-order valence-corrected chi connectivity index (χ2v) is 3.53. The van der Waals surface area contributed by atoms with Crippen molar-refractivity contribution in [3.63, 3.8) is 0 Å². The maximum atomic E-state index is 5.36. The molecule has 1 aliphatic rings. The van der Waals surface area contributed by atoms with Gasteiger partial charge in [0.25, 0.3) is 0 Å². The molecule has 0 N–H and O–H groups in total. The molecule has 0 aromatic carbocycles. The van der Waals surface area contributed by atoms with Gasteiger partial charge in [-0.1, -0.05) is 15.9 Å². The molecule has 1 fully saturated rings. The van der Waals surface area contributed by atoms with Crippen LogP contribution in [-0.2, 0) is 9.47 Å². The molecule has 0 aromatic heterocycles. The average Bonchev–Trinajstić information content (AvgIpc) is 1.94. The van der Waals surface area contributed by atoms with Crippen LogP contribution in [0.3, 0.4) is 0 Å². The zero-order valence-corrected chi connectivity index (χ0v) is 7.76. The van der Waals surface area contributed by atoms with E-state index in [1.54, 1.807) is 0 Å². The summed E-state index contributed by atoms with van der Waals surface area (Å²) >= 11 is 3.51. The molecule has 0 amide bonds. The van der Waals surface area contributed by atoms with E-state index in [0.29, 0.717) is 4.83 Å². The fraction of sp³-hybridized carbons (Fsp3) is 1.00. The zero-order valence-electron chi connectivity index (χ0n) is 6.18. The van der Waals surface area contributed by atoms with Gasteiger partial charge >= 0.3 is 0 Å². The van der Waals surface area contributed by atoms with Crippen LogP contribution in [-0.4, -0.2) is 24.3 Å². The number of rotatable bonds is 2. The Morgan fingerprint density at radius 1 is 1.70 bits per heavy atom. The Morgan fingerprint density at radius 2 is 2.50 bits per heavy atom. The van der Waals surface area contributed by atoms with Crippen LogP contribution in [0.4, 0.5) is 0 Å². The van der Waals surface area contributed by atoms with Crippen LogP contribution < -0.4 is 0 Å². The predicted octanol–water partition coefficient (Wildman–Crippen LogP) is 1.92. The highest BCUT2D eigenvalue weighted by molar-refractivity contribution is 9.09. The largest absolute Gasteiger partial charge is 0.352 e. The number of ether oxygens (including phenoxy) is 2. The van der Waals surface area contributed by atoms with Crippen molar-refractivity contribution < 1.29 is 9.47 Å². The van der Waals surface area contributed by atoms with Crippen molar-refractivity contribution >= 4 is 15.9 Å².